The predicted octanol–water partition coefficient (Wildman–Crippen LogP) is 4.34. The Morgan fingerprint density at radius 1 is 1.10 bits per heavy atom. The molecule has 1 aromatic carbocycles. The molecule has 9 nitrogen and oxygen atoms in total. The molecule has 3 N–H and O–H groups in total. The second-order valence-electron chi connectivity index (χ2n) is 12.3. The number of aliphatic hydroxyl groups excluding tert-OH is 1. The van der Waals surface area contributed by atoms with Crippen LogP contribution in [-0.2, 0) is 15.9 Å². The van der Waals surface area contributed by atoms with Crippen molar-refractivity contribution in [2.24, 2.45) is 5.92 Å². The van der Waals surface area contributed by atoms with Gasteiger partial charge in [-0.1, -0.05) is 37.3 Å². The summed E-state index contributed by atoms with van der Waals surface area (Å²) in [4.78, 5) is 8.21. The maximum atomic E-state index is 10.1. The molecule has 2 aliphatic heterocycles. The molecule has 5 heterocycles. The molecule has 42 heavy (non-hydrogen) atoms. The van der Waals surface area contributed by atoms with Crippen molar-refractivity contribution in [3.05, 3.63) is 89.9 Å². The first kappa shape index (κ1) is 27.1. The minimum atomic E-state index is -0.764. The summed E-state index contributed by atoms with van der Waals surface area (Å²) in [6.45, 7) is 6.50. The minimum absolute atomic E-state index is 0.260. The van der Waals surface area contributed by atoms with Crippen LogP contribution in [0.1, 0.15) is 43.5 Å². The molecule has 9 heteroatoms. The summed E-state index contributed by atoms with van der Waals surface area (Å²) in [5.74, 6) is 1.16. The Balaban J connectivity index is 1.03. The molecular weight excluding hydrogens is 532 g/mol. The highest BCUT2D eigenvalue weighted by atomic mass is 16.6. The number of ether oxygens (including phenoxy) is 3. The molecule has 3 aliphatic rings. The van der Waals surface area contributed by atoms with Crippen molar-refractivity contribution >= 4 is 16.6 Å². The zero-order valence-corrected chi connectivity index (χ0v) is 24.0. The van der Waals surface area contributed by atoms with Gasteiger partial charge in [-0.2, -0.15) is 5.10 Å². The third kappa shape index (κ3) is 5.29. The van der Waals surface area contributed by atoms with E-state index in [9.17, 15) is 10.2 Å². The lowest BCUT2D eigenvalue weighted by Crippen LogP contribution is -2.34. The number of pyridine rings is 1. The molecule has 2 fully saturated rings. The number of nitrogens with zero attached hydrogens (tertiary/aromatic N) is 3. The van der Waals surface area contributed by atoms with E-state index in [1.54, 1.807) is 13.8 Å². The van der Waals surface area contributed by atoms with Crippen LogP contribution in [0.4, 0.5) is 0 Å². The van der Waals surface area contributed by atoms with Gasteiger partial charge < -0.3 is 29.4 Å². The zero-order chi connectivity index (χ0) is 29.0. The Morgan fingerprint density at radius 2 is 1.90 bits per heavy atom. The van der Waals surface area contributed by atoms with Gasteiger partial charge in [-0.15, -0.1) is 0 Å². The molecule has 0 amide bonds. The van der Waals surface area contributed by atoms with E-state index in [1.807, 2.05) is 35.3 Å². The average molecular weight is 569 g/mol. The standard InChI is InChI=1S/C33H36N4O5/c1-19-12-22(6-9-24(19)21-4-7-23(8-5-21)37-16-20(15-34-37)14-33(2,3)39)25-10-11-26-27(35-25)13-30(36-26)42-29-18-41-31-28(38)17-40-32(29)31/h4-13,15-16,19,24,28-29,31-32,36,38-39H,14,17-18H2,1-3H3/t19?,24?,28-,29-,31?,32-/m1/s1. The average Bonchev–Trinajstić information content (AvgIpc) is 3.74. The van der Waals surface area contributed by atoms with Gasteiger partial charge in [0.2, 0.25) is 0 Å². The van der Waals surface area contributed by atoms with Crippen molar-refractivity contribution in [1.29, 1.82) is 0 Å². The fourth-order valence-electron chi connectivity index (χ4n) is 6.27. The van der Waals surface area contributed by atoms with E-state index in [4.69, 9.17) is 19.2 Å². The van der Waals surface area contributed by atoms with Crippen molar-refractivity contribution in [1.82, 2.24) is 19.7 Å². The molecule has 0 radical (unpaired) electrons. The van der Waals surface area contributed by atoms with Gasteiger partial charge in [0.05, 0.1) is 47.4 Å². The van der Waals surface area contributed by atoms with Crippen LogP contribution < -0.4 is 4.74 Å². The van der Waals surface area contributed by atoms with Crippen LogP contribution in [0.2, 0.25) is 0 Å². The summed E-state index contributed by atoms with van der Waals surface area (Å²) < 4.78 is 19.4. The van der Waals surface area contributed by atoms with Crippen LogP contribution in [0.15, 0.2) is 73.1 Å². The molecule has 2 saturated heterocycles. The van der Waals surface area contributed by atoms with Gasteiger partial charge in [0, 0.05) is 24.6 Å². The number of hydrogen-bond acceptors (Lipinski definition) is 7. The number of benzene rings is 1. The van der Waals surface area contributed by atoms with E-state index in [0.29, 0.717) is 24.8 Å². The molecule has 6 atom stereocenters. The van der Waals surface area contributed by atoms with Crippen molar-refractivity contribution in [3.8, 4) is 11.6 Å². The van der Waals surface area contributed by atoms with E-state index >= 15 is 0 Å². The van der Waals surface area contributed by atoms with Crippen molar-refractivity contribution < 1.29 is 24.4 Å². The number of allylic oxidation sites excluding steroid dienone is 4. The number of rotatable bonds is 7. The first-order valence-corrected chi connectivity index (χ1v) is 14.5. The van der Waals surface area contributed by atoms with Crippen LogP contribution in [0.5, 0.6) is 5.88 Å². The summed E-state index contributed by atoms with van der Waals surface area (Å²) in [7, 11) is 0. The highest BCUT2D eigenvalue weighted by molar-refractivity contribution is 5.82. The number of aliphatic hydroxyl groups is 2. The molecule has 0 spiro atoms. The van der Waals surface area contributed by atoms with Gasteiger partial charge in [0.1, 0.15) is 18.3 Å². The highest BCUT2D eigenvalue weighted by Crippen LogP contribution is 2.36. The summed E-state index contributed by atoms with van der Waals surface area (Å²) in [5, 5.41) is 24.6. The third-order valence-corrected chi connectivity index (χ3v) is 8.31. The SMILES string of the molecule is CC1C=C(c2ccc3[nH]c(O[C@@H]4COC5[C@H](O)CO[C@@H]54)cc3n2)C=CC1c1ccc(-n2cc(CC(C)(C)O)cn2)cc1. The second-order valence-corrected chi connectivity index (χ2v) is 12.3. The molecular formula is C33H36N4O5. The molecule has 3 unspecified atom stereocenters. The van der Waals surface area contributed by atoms with Crippen LogP contribution in [0, 0.1) is 5.92 Å². The first-order valence-electron chi connectivity index (χ1n) is 14.5. The second kappa shape index (κ2) is 10.5. The monoisotopic (exact) mass is 568 g/mol. The maximum Gasteiger partial charge on any atom is 0.193 e. The van der Waals surface area contributed by atoms with Crippen LogP contribution in [0.25, 0.3) is 22.3 Å². The lowest BCUT2D eigenvalue weighted by atomic mass is 9.81. The Bertz CT molecular complexity index is 1650. The van der Waals surface area contributed by atoms with Crippen LogP contribution in [-0.4, -0.2) is 73.2 Å². The van der Waals surface area contributed by atoms with Crippen molar-refractivity contribution in [3.63, 3.8) is 0 Å². The predicted molar refractivity (Wildman–Crippen MR) is 159 cm³/mol. The fraction of sp³-hybridized carbons (Fsp3) is 0.394. The Kier molecular flexibility index (Phi) is 6.78. The van der Waals surface area contributed by atoms with Gasteiger partial charge in [-0.05, 0) is 60.7 Å². The zero-order valence-electron chi connectivity index (χ0n) is 24.0. The van der Waals surface area contributed by atoms with Gasteiger partial charge >= 0.3 is 0 Å². The van der Waals surface area contributed by atoms with E-state index in [1.165, 1.54) is 5.56 Å². The van der Waals surface area contributed by atoms with Gasteiger partial charge in [0.25, 0.3) is 0 Å². The maximum absolute atomic E-state index is 10.1. The summed E-state index contributed by atoms with van der Waals surface area (Å²) >= 11 is 0. The largest absolute Gasteiger partial charge is 0.470 e. The topological polar surface area (TPSA) is 115 Å². The van der Waals surface area contributed by atoms with Gasteiger partial charge in [-0.25, -0.2) is 9.67 Å². The number of nitrogens with one attached hydrogen (secondary N) is 1. The van der Waals surface area contributed by atoms with E-state index in [2.05, 4.69) is 59.5 Å². The molecule has 4 aromatic rings. The number of hydrogen-bond donors (Lipinski definition) is 3. The molecule has 0 saturated carbocycles. The quantitative estimate of drug-likeness (QED) is 0.304. The summed E-state index contributed by atoms with van der Waals surface area (Å²) in [6.07, 6.45) is 9.58. The molecule has 7 rings (SSSR count). The lowest BCUT2D eigenvalue weighted by molar-refractivity contribution is 0.00794. The molecule has 1 aliphatic carbocycles. The minimum Gasteiger partial charge on any atom is -0.470 e. The highest BCUT2D eigenvalue weighted by Gasteiger charge is 2.48. The summed E-state index contributed by atoms with van der Waals surface area (Å²) in [6, 6.07) is 14.5. The number of aromatic nitrogens is 4. The van der Waals surface area contributed by atoms with E-state index < -0.39 is 11.7 Å². The normalized spacial score (nSPS) is 27.4. The number of aromatic amines is 1. The van der Waals surface area contributed by atoms with E-state index in [0.717, 1.165) is 33.6 Å². The fourth-order valence-corrected chi connectivity index (χ4v) is 6.27. The van der Waals surface area contributed by atoms with E-state index in [-0.39, 0.29) is 30.8 Å². The van der Waals surface area contributed by atoms with Crippen molar-refractivity contribution in [2.75, 3.05) is 13.2 Å². The van der Waals surface area contributed by atoms with Gasteiger partial charge in [0.15, 0.2) is 12.0 Å². The third-order valence-electron chi connectivity index (χ3n) is 8.31. The van der Waals surface area contributed by atoms with Crippen LogP contribution >= 0.6 is 0 Å². The van der Waals surface area contributed by atoms with Crippen molar-refractivity contribution in [2.45, 2.75) is 63.1 Å². The molecule has 218 valence electrons. The lowest BCUT2D eigenvalue weighted by Gasteiger charge is -2.23. The van der Waals surface area contributed by atoms with Crippen LogP contribution in [0.3, 0.4) is 0 Å². The Labute approximate surface area is 244 Å². The molecule has 3 aromatic heterocycles. The number of H-pyrrole nitrogens is 1. The van der Waals surface area contributed by atoms with Gasteiger partial charge in [-0.3, -0.25) is 0 Å². The Hall–Kier alpha value is -3.76. The Morgan fingerprint density at radius 3 is 2.69 bits per heavy atom. The smallest absolute Gasteiger partial charge is 0.193 e. The molecule has 0 bridgehead atoms. The first-order chi connectivity index (χ1) is 20.2. The summed E-state index contributed by atoms with van der Waals surface area (Å²) in [5.41, 5.74) is 6.21. The number of fused-ring (bicyclic) bond motifs is 2.